The van der Waals surface area contributed by atoms with Gasteiger partial charge in [-0.1, -0.05) is 27.7 Å². The van der Waals surface area contributed by atoms with Gasteiger partial charge in [-0.3, -0.25) is 0 Å². The summed E-state index contributed by atoms with van der Waals surface area (Å²) in [5.41, 5.74) is 0.965. The maximum atomic E-state index is 5.64. The highest BCUT2D eigenvalue weighted by molar-refractivity contribution is 4.93. The molecular weight excluding hydrogens is 222 g/mol. The Hall–Kier alpha value is -0.0800. The van der Waals surface area contributed by atoms with E-state index in [1.54, 1.807) is 0 Å². The van der Waals surface area contributed by atoms with Gasteiger partial charge in [-0.05, 0) is 49.9 Å². The Kier molecular flexibility index (Phi) is 4.08. The highest BCUT2D eigenvalue weighted by atomic mass is 16.5. The van der Waals surface area contributed by atoms with Crippen molar-refractivity contribution in [2.45, 2.75) is 84.9 Å². The molecule has 2 heteroatoms. The van der Waals surface area contributed by atoms with Gasteiger partial charge in [0.25, 0.3) is 0 Å². The molecule has 2 atom stereocenters. The van der Waals surface area contributed by atoms with Crippen LogP contribution in [0.5, 0.6) is 0 Å². The molecule has 106 valence electrons. The van der Waals surface area contributed by atoms with Crippen molar-refractivity contribution >= 4 is 0 Å². The molecule has 0 spiro atoms. The summed E-state index contributed by atoms with van der Waals surface area (Å²) in [4.78, 5) is 0. The molecule has 0 aromatic rings. The SMILES string of the molecule is CC1CC(NC2CC(C)(C)CC(C)(C)C2)CCO1. The van der Waals surface area contributed by atoms with Gasteiger partial charge in [-0.15, -0.1) is 0 Å². The Labute approximate surface area is 113 Å². The molecule has 2 aliphatic rings. The molecule has 2 nitrogen and oxygen atoms in total. The van der Waals surface area contributed by atoms with E-state index in [4.69, 9.17) is 4.74 Å². The predicted molar refractivity (Wildman–Crippen MR) is 76.8 cm³/mol. The van der Waals surface area contributed by atoms with E-state index in [0.717, 1.165) is 6.61 Å². The summed E-state index contributed by atoms with van der Waals surface area (Å²) in [6.45, 7) is 12.8. The third-order valence-corrected chi connectivity index (χ3v) is 4.51. The molecular formula is C16H31NO. The molecule has 1 aliphatic carbocycles. The summed E-state index contributed by atoms with van der Waals surface area (Å²) in [6, 6.07) is 1.36. The second-order valence-electron chi connectivity index (χ2n) is 8.18. The third kappa shape index (κ3) is 3.96. The number of ether oxygens (including phenoxy) is 1. The summed E-state index contributed by atoms with van der Waals surface area (Å²) >= 11 is 0. The molecule has 2 unspecified atom stereocenters. The number of rotatable bonds is 2. The van der Waals surface area contributed by atoms with Crippen LogP contribution in [0.3, 0.4) is 0 Å². The average Bonchev–Trinajstić information content (AvgIpc) is 2.11. The minimum Gasteiger partial charge on any atom is -0.378 e. The van der Waals surface area contributed by atoms with Crippen LogP contribution < -0.4 is 5.32 Å². The third-order valence-electron chi connectivity index (χ3n) is 4.51. The Morgan fingerprint density at radius 1 is 1.00 bits per heavy atom. The Morgan fingerprint density at radius 3 is 2.17 bits per heavy atom. The van der Waals surface area contributed by atoms with Gasteiger partial charge < -0.3 is 10.1 Å². The zero-order valence-corrected chi connectivity index (χ0v) is 12.9. The van der Waals surface area contributed by atoms with Crippen molar-refractivity contribution in [3.8, 4) is 0 Å². The zero-order valence-electron chi connectivity index (χ0n) is 12.9. The fourth-order valence-corrected chi connectivity index (χ4v) is 4.45. The monoisotopic (exact) mass is 253 g/mol. The van der Waals surface area contributed by atoms with Crippen molar-refractivity contribution in [3.05, 3.63) is 0 Å². The van der Waals surface area contributed by atoms with E-state index < -0.39 is 0 Å². The number of hydrogen-bond acceptors (Lipinski definition) is 2. The Bertz CT molecular complexity index is 269. The summed E-state index contributed by atoms with van der Waals surface area (Å²) in [5.74, 6) is 0. The van der Waals surface area contributed by atoms with Crippen molar-refractivity contribution in [3.63, 3.8) is 0 Å². The minimum atomic E-state index is 0.431. The van der Waals surface area contributed by atoms with Gasteiger partial charge in [0.2, 0.25) is 0 Å². The second kappa shape index (κ2) is 5.13. The van der Waals surface area contributed by atoms with E-state index in [0.29, 0.717) is 29.0 Å². The predicted octanol–water partition coefficient (Wildman–Crippen LogP) is 3.75. The van der Waals surface area contributed by atoms with Crippen molar-refractivity contribution in [1.82, 2.24) is 5.32 Å². The van der Waals surface area contributed by atoms with E-state index in [2.05, 4.69) is 39.9 Å². The van der Waals surface area contributed by atoms with Gasteiger partial charge in [-0.25, -0.2) is 0 Å². The molecule has 0 aromatic carbocycles. The molecule has 1 aliphatic heterocycles. The fraction of sp³-hybridized carbons (Fsp3) is 1.00. The van der Waals surface area contributed by atoms with Crippen LogP contribution in [0.2, 0.25) is 0 Å². The molecule has 1 heterocycles. The Morgan fingerprint density at radius 2 is 1.61 bits per heavy atom. The largest absolute Gasteiger partial charge is 0.378 e. The summed E-state index contributed by atoms with van der Waals surface area (Å²) in [7, 11) is 0. The first-order valence-electron chi connectivity index (χ1n) is 7.63. The zero-order chi connectivity index (χ0) is 13.4. The average molecular weight is 253 g/mol. The maximum Gasteiger partial charge on any atom is 0.0561 e. The first kappa shape index (κ1) is 14.3. The number of nitrogens with one attached hydrogen (secondary N) is 1. The van der Waals surface area contributed by atoms with Crippen LogP contribution in [0.15, 0.2) is 0 Å². The molecule has 0 radical (unpaired) electrons. The van der Waals surface area contributed by atoms with Crippen molar-refractivity contribution < 1.29 is 4.74 Å². The van der Waals surface area contributed by atoms with Gasteiger partial charge in [0.15, 0.2) is 0 Å². The minimum absolute atomic E-state index is 0.431. The van der Waals surface area contributed by atoms with Crippen LogP contribution >= 0.6 is 0 Å². The van der Waals surface area contributed by atoms with E-state index in [1.807, 2.05) is 0 Å². The highest BCUT2D eigenvalue weighted by Crippen LogP contribution is 2.45. The van der Waals surface area contributed by atoms with E-state index in [9.17, 15) is 0 Å². The van der Waals surface area contributed by atoms with Crippen LogP contribution in [0.4, 0.5) is 0 Å². The second-order valence-corrected chi connectivity index (χ2v) is 8.18. The standard InChI is InChI=1S/C16H31NO/c1-12-8-13(6-7-18-12)17-14-9-15(2,3)11-16(4,5)10-14/h12-14,17H,6-11H2,1-5H3. The lowest BCUT2D eigenvalue weighted by Crippen LogP contribution is -2.49. The van der Waals surface area contributed by atoms with E-state index >= 15 is 0 Å². The maximum absolute atomic E-state index is 5.64. The van der Waals surface area contributed by atoms with Gasteiger partial charge >= 0.3 is 0 Å². The molecule has 0 aromatic heterocycles. The first-order valence-corrected chi connectivity index (χ1v) is 7.63. The van der Waals surface area contributed by atoms with Crippen molar-refractivity contribution in [1.29, 1.82) is 0 Å². The molecule has 18 heavy (non-hydrogen) atoms. The molecule has 1 saturated carbocycles. The normalized spacial score (nSPS) is 36.5. The highest BCUT2D eigenvalue weighted by Gasteiger charge is 2.39. The lowest BCUT2D eigenvalue weighted by Gasteiger charge is -2.46. The molecule has 1 N–H and O–H groups in total. The first-order chi connectivity index (χ1) is 8.26. The smallest absolute Gasteiger partial charge is 0.0561 e. The van der Waals surface area contributed by atoms with Crippen molar-refractivity contribution in [2.24, 2.45) is 10.8 Å². The van der Waals surface area contributed by atoms with E-state index in [1.165, 1.54) is 32.1 Å². The van der Waals surface area contributed by atoms with Gasteiger partial charge in [-0.2, -0.15) is 0 Å². The van der Waals surface area contributed by atoms with Crippen molar-refractivity contribution in [2.75, 3.05) is 6.61 Å². The topological polar surface area (TPSA) is 21.3 Å². The molecule has 2 fully saturated rings. The Balaban J connectivity index is 1.92. The lowest BCUT2D eigenvalue weighted by molar-refractivity contribution is 0.00367. The van der Waals surface area contributed by atoms with Gasteiger partial charge in [0.05, 0.1) is 6.10 Å². The summed E-state index contributed by atoms with van der Waals surface area (Å²) in [6.07, 6.45) is 6.78. The molecule has 1 saturated heterocycles. The number of hydrogen-bond donors (Lipinski definition) is 1. The van der Waals surface area contributed by atoms with Crippen LogP contribution in [0.1, 0.15) is 66.7 Å². The lowest BCUT2D eigenvalue weighted by atomic mass is 9.63. The quantitative estimate of drug-likeness (QED) is 0.809. The molecule has 0 amide bonds. The van der Waals surface area contributed by atoms with Crippen LogP contribution in [-0.2, 0) is 4.74 Å². The summed E-state index contributed by atoms with van der Waals surface area (Å²) < 4.78 is 5.64. The summed E-state index contributed by atoms with van der Waals surface area (Å²) in [5, 5.41) is 3.92. The van der Waals surface area contributed by atoms with Crippen LogP contribution in [0.25, 0.3) is 0 Å². The van der Waals surface area contributed by atoms with Crippen LogP contribution in [0, 0.1) is 10.8 Å². The molecule has 0 bridgehead atoms. The molecule has 2 rings (SSSR count). The fourth-order valence-electron chi connectivity index (χ4n) is 4.45. The van der Waals surface area contributed by atoms with Gasteiger partial charge in [0.1, 0.15) is 0 Å². The van der Waals surface area contributed by atoms with Crippen LogP contribution in [-0.4, -0.2) is 24.8 Å². The van der Waals surface area contributed by atoms with E-state index in [-0.39, 0.29) is 0 Å². The van der Waals surface area contributed by atoms with Gasteiger partial charge in [0, 0.05) is 18.7 Å².